The van der Waals surface area contributed by atoms with E-state index < -0.39 is 16.9 Å². The van der Waals surface area contributed by atoms with Crippen molar-refractivity contribution >= 4 is 17.6 Å². The molecule has 0 radical (unpaired) electrons. The van der Waals surface area contributed by atoms with E-state index >= 15 is 0 Å². The van der Waals surface area contributed by atoms with E-state index in [-0.39, 0.29) is 18.2 Å². The molecule has 1 fully saturated rings. The summed E-state index contributed by atoms with van der Waals surface area (Å²) in [4.78, 5) is 23.8. The maximum Gasteiger partial charge on any atom is 0.234 e. The second kappa shape index (κ2) is 6.78. The number of amidine groups is 1. The smallest absolute Gasteiger partial charge is 0.234 e. The lowest BCUT2D eigenvalue weighted by atomic mass is 9.77. The minimum Gasteiger partial charge on any atom is -0.409 e. The van der Waals surface area contributed by atoms with Crippen LogP contribution >= 0.6 is 0 Å². The van der Waals surface area contributed by atoms with Crippen molar-refractivity contribution in [2.75, 3.05) is 0 Å². The number of nitrogens with zero attached hydrogens (tertiary/aromatic N) is 1. The molecule has 0 aromatic heterocycles. The van der Waals surface area contributed by atoms with Crippen molar-refractivity contribution in [2.24, 2.45) is 22.0 Å². The summed E-state index contributed by atoms with van der Waals surface area (Å²) < 4.78 is 0. The molecule has 7 heteroatoms. The Morgan fingerprint density at radius 2 is 1.71 bits per heavy atom. The van der Waals surface area contributed by atoms with Gasteiger partial charge in [0.25, 0.3) is 0 Å². The van der Waals surface area contributed by atoms with Crippen LogP contribution < -0.4 is 16.8 Å². The van der Waals surface area contributed by atoms with Crippen LogP contribution in [-0.2, 0) is 9.59 Å². The van der Waals surface area contributed by atoms with Crippen LogP contribution in [0.2, 0.25) is 0 Å². The Bertz CT molecular complexity index is 424. The standard InChI is InChI=1S/C14H26N4O3/c1-13(2,9-10(15)19)17-12(20)14(11(16)18-21)7-5-3-4-6-8-14/h21H,3-9H2,1-2H3,(H2,15,19)(H2,16,18)(H,17,20). The van der Waals surface area contributed by atoms with E-state index in [1.807, 2.05) is 0 Å². The molecule has 21 heavy (non-hydrogen) atoms. The molecule has 1 saturated carbocycles. The van der Waals surface area contributed by atoms with Crippen molar-refractivity contribution in [1.82, 2.24) is 5.32 Å². The summed E-state index contributed by atoms with van der Waals surface area (Å²) in [7, 11) is 0. The highest BCUT2D eigenvalue weighted by Crippen LogP contribution is 2.36. The number of amides is 2. The van der Waals surface area contributed by atoms with E-state index in [0.717, 1.165) is 25.7 Å². The van der Waals surface area contributed by atoms with Crippen molar-refractivity contribution < 1.29 is 14.8 Å². The largest absolute Gasteiger partial charge is 0.409 e. The molecule has 120 valence electrons. The average molecular weight is 298 g/mol. The normalized spacial score (nSPS) is 19.6. The van der Waals surface area contributed by atoms with Gasteiger partial charge in [-0.3, -0.25) is 9.59 Å². The molecule has 0 saturated heterocycles. The second-order valence-electron chi connectivity index (χ2n) is 6.46. The number of rotatable bonds is 5. The Hall–Kier alpha value is -1.79. The Balaban J connectivity index is 2.98. The van der Waals surface area contributed by atoms with E-state index in [1.165, 1.54) is 0 Å². The van der Waals surface area contributed by atoms with Gasteiger partial charge in [-0.2, -0.15) is 0 Å². The lowest BCUT2D eigenvalue weighted by Gasteiger charge is -2.34. The second-order valence-corrected chi connectivity index (χ2v) is 6.46. The first-order valence-electron chi connectivity index (χ1n) is 7.32. The molecule has 2 amide bonds. The van der Waals surface area contributed by atoms with Crippen LogP contribution in [0.3, 0.4) is 0 Å². The molecule has 6 N–H and O–H groups in total. The highest BCUT2D eigenvalue weighted by molar-refractivity contribution is 6.07. The molecule has 0 bridgehead atoms. The zero-order chi connectivity index (χ0) is 16.1. The van der Waals surface area contributed by atoms with Gasteiger partial charge in [-0.25, -0.2) is 0 Å². The van der Waals surface area contributed by atoms with Gasteiger partial charge in [0, 0.05) is 12.0 Å². The molecular weight excluding hydrogens is 272 g/mol. The number of primary amides is 1. The quantitative estimate of drug-likeness (QED) is 0.197. The van der Waals surface area contributed by atoms with E-state index in [0.29, 0.717) is 12.8 Å². The number of carbonyl (C=O) groups excluding carboxylic acids is 2. The topological polar surface area (TPSA) is 131 Å². The van der Waals surface area contributed by atoms with Gasteiger partial charge in [-0.15, -0.1) is 0 Å². The van der Waals surface area contributed by atoms with Crippen molar-refractivity contribution in [3.8, 4) is 0 Å². The Kier molecular flexibility index (Phi) is 5.57. The minimum atomic E-state index is -1.000. The first-order chi connectivity index (χ1) is 9.73. The van der Waals surface area contributed by atoms with Gasteiger partial charge in [0.15, 0.2) is 5.84 Å². The molecule has 0 aromatic rings. The molecule has 0 atom stereocenters. The van der Waals surface area contributed by atoms with Crippen LogP contribution in [0.5, 0.6) is 0 Å². The van der Waals surface area contributed by atoms with Crippen LogP contribution in [0.15, 0.2) is 5.16 Å². The predicted octanol–water partition coefficient (Wildman–Crippen LogP) is 0.844. The number of hydrogen-bond donors (Lipinski definition) is 4. The zero-order valence-electron chi connectivity index (χ0n) is 12.8. The lowest BCUT2D eigenvalue weighted by molar-refractivity contribution is -0.130. The summed E-state index contributed by atoms with van der Waals surface area (Å²) in [5, 5.41) is 15.0. The third-order valence-electron chi connectivity index (χ3n) is 4.06. The Morgan fingerprint density at radius 1 is 1.19 bits per heavy atom. The summed E-state index contributed by atoms with van der Waals surface area (Å²) >= 11 is 0. The third-order valence-corrected chi connectivity index (χ3v) is 4.06. The molecule has 0 heterocycles. The summed E-state index contributed by atoms with van der Waals surface area (Å²) in [6.07, 6.45) is 4.87. The van der Waals surface area contributed by atoms with Crippen LogP contribution in [0, 0.1) is 5.41 Å². The molecule has 0 aliphatic heterocycles. The summed E-state index contributed by atoms with van der Waals surface area (Å²) in [5.41, 5.74) is 9.25. The number of nitrogens with one attached hydrogen (secondary N) is 1. The van der Waals surface area contributed by atoms with Gasteiger partial charge in [-0.05, 0) is 26.7 Å². The van der Waals surface area contributed by atoms with Crippen LogP contribution in [0.25, 0.3) is 0 Å². The molecule has 1 aliphatic rings. The fourth-order valence-corrected chi connectivity index (χ4v) is 2.93. The molecular formula is C14H26N4O3. The van der Waals surface area contributed by atoms with Crippen molar-refractivity contribution in [3.05, 3.63) is 0 Å². The van der Waals surface area contributed by atoms with Gasteiger partial charge in [0.2, 0.25) is 11.8 Å². The third kappa shape index (κ3) is 4.34. The molecule has 1 aliphatic carbocycles. The van der Waals surface area contributed by atoms with Crippen LogP contribution in [0.4, 0.5) is 0 Å². The monoisotopic (exact) mass is 298 g/mol. The summed E-state index contributed by atoms with van der Waals surface area (Å²) in [5.74, 6) is -0.846. The number of oxime groups is 1. The molecule has 0 unspecified atom stereocenters. The van der Waals surface area contributed by atoms with E-state index in [9.17, 15) is 9.59 Å². The first-order valence-corrected chi connectivity index (χ1v) is 7.32. The van der Waals surface area contributed by atoms with Gasteiger partial charge >= 0.3 is 0 Å². The van der Waals surface area contributed by atoms with E-state index in [1.54, 1.807) is 13.8 Å². The van der Waals surface area contributed by atoms with Gasteiger partial charge in [-0.1, -0.05) is 30.8 Å². The number of carbonyl (C=O) groups is 2. The van der Waals surface area contributed by atoms with Crippen LogP contribution in [0.1, 0.15) is 58.8 Å². The van der Waals surface area contributed by atoms with Crippen LogP contribution in [-0.4, -0.2) is 28.4 Å². The minimum absolute atomic E-state index is 0.0327. The number of nitrogens with two attached hydrogens (primary N) is 2. The molecule has 1 rings (SSSR count). The number of hydrogen-bond acceptors (Lipinski definition) is 4. The van der Waals surface area contributed by atoms with Gasteiger partial charge in [0.05, 0.1) is 0 Å². The Labute approximate surface area is 125 Å². The van der Waals surface area contributed by atoms with Crippen molar-refractivity contribution in [2.45, 2.75) is 64.3 Å². The molecule has 7 nitrogen and oxygen atoms in total. The molecule has 0 aromatic carbocycles. The fraction of sp³-hybridized carbons (Fsp3) is 0.786. The zero-order valence-corrected chi connectivity index (χ0v) is 12.8. The summed E-state index contributed by atoms with van der Waals surface area (Å²) in [6, 6.07) is 0. The SMILES string of the molecule is CC(C)(CC(N)=O)NC(=O)C1(C(N)=NO)CCCCCC1. The maximum atomic E-state index is 12.7. The lowest BCUT2D eigenvalue weighted by Crippen LogP contribution is -2.56. The van der Waals surface area contributed by atoms with E-state index in [2.05, 4.69) is 10.5 Å². The predicted molar refractivity (Wildman–Crippen MR) is 79.6 cm³/mol. The summed E-state index contributed by atoms with van der Waals surface area (Å²) in [6.45, 7) is 3.46. The van der Waals surface area contributed by atoms with Crippen molar-refractivity contribution in [1.29, 1.82) is 0 Å². The first kappa shape index (κ1) is 17.3. The average Bonchev–Trinajstić information content (AvgIpc) is 2.62. The van der Waals surface area contributed by atoms with E-state index in [4.69, 9.17) is 16.7 Å². The fourth-order valence-electron chi connectivity index (χ4n) is 2.93. The highest BCUT2D eigenvalue weighted by Gasteiger charge is 2.44. The van der Waals surface area contributed by atoms with Gasteiger partial charge < -0.3 is 22.0 Å². The van der Waals surface area contributed by atoms with Crippen molar-refractivity contribution in [3.63, 3.8) is 0 Å². The molecule has 0 spiro atoms. The highest BCUT2D eigenvalue weighted by atomic mass is 16.4. The Morgan fingerprint density at radius 3 is 2.14 bits per heavy atom. The maximum absolute atomic E-state index is 12.7. The van der Waals surface area contributed by atoms with Gasteiger partial charge in [0.1, 0.15) is 5.41 Å².